The summed E-state index contributed by atoms with van der Waals surface area (Å²) in [7, 11) is 0. The Hall–Kier alpha value is -1.90. The predicted molar refractivity (Wildman–Crippen MR) is 130 cm³/mol. The summed E-state index contributed by atoms with van der Waals surface area (Å²) in [6.07, 6.45) is 6.79. The van der Waals surface area contributed by atoms with E-state index in [4.69, 9.17) is 16.5 Å². The molecule has 1 amide bonds. The van der Waals surface area contributed by atoms with Crippen LogP contribution in [0.4, 0.5) is 11.5 Å². The highest BCUT2D eigenvalue weighted by molar-refractivity contribution is 7.21. The fraction of sp³-hybridized carbons (Fsp3) is 0.652. The predicted octanol–water partition coefficient (Wildman–Crippen LogP) is 3.43. The van der Waals surface area contributed by atoms with Gasteiger partial charge in [0.25, 0.3) is 5.91 Å². The number of nitrogen functional groups attached to an aromatic ring is 1. The van der Waals surface area contributed by atoms with Crippen molar-refractivity contribution in [1.29, 1.82) is 0 Å². The number of hydrogen-bond donors (Lipinski definition) is 4. The molecule has 8 heteroatoms. The standard InChI is InChI=1S/C23H37N5O2S/c1-4-7-15-14-17(26-22-18(15)19(24)20(31-22)21(25)30)28-11-8-16(9-12-28)27-23(5-2,6-3)10-13-29/h14,16,27,29H,4-13,24H2,1-3H3,(H2,25,30). The molecule has 7 nitrogen and oxygen atoms in total. The third-order valence-electron chi connectivity index (χ3n) is 6.78. The van der Waals surface area contributed by atoms with Crippen LogP contribution >= 0.6 is 11.3 Å². The molecule has 0 saturated carbocycles. The molecule has 0 aliphatic carbocycles. The molecule has 1 aliphatic heterocycles. The van der Waals surface area contributed by atoms with E-state index >= 15 is 0 Å². The summed E-state index contributed by atoms with van der Waals surface area (Å²) in [5, 5.41) is 14.2. The van der Waals surface area contributed by atoms with Gasteiger partial charge in [0.1, 0.15) is 15.5 Å². The number of hydrogen-bond acceptors (Lipinski definition) is 7. The number of pyridine rings is 1. The molecule has 0 bridgehead atoms. The molecule has 0 atom stereocenters. The minimum Gasteiger partial charge on any atom is -0.397 e. The van der Waals surface area contributed by atoms with Crippen LogP contribution in [-0.4, -0.2) is 47.3 Å². The average molecular weight is 448 g/mol. The third kappa shape index (κ3) is 4.96. The minimum atomic E-state index is -0.491. The van der Waals surface area contributed by atoms with E-state index in [0.717, 1.165) is 79.6 Å². The molecule has 172 valence electrons. The Kier molecular flexibility index (Phi) is 7.78. The number of fused-ring (bicyclic) bond motifs is 1. The van der Waals surface area contributed by atoms with Crippen molar-refractivity contribution in [2.75, 3.05) is 30.3 Å². The molecule has 0 unspecified atom stereocenters. The summed E-state index contributed by atoms with van der Waals surface area (Å²) in [6, 6.07) is 2.59. The van der Waals surface area contributed by atoms with E-state index in [2.05, 4.69) is 37.1 Å². The maximum atomic E-state index is 11.8. The Morgan fingerprint density at radius 1 is 1.32 bits per heavy atom. The molecule has 6 N–H and O–H groups in total. The zero-order valence-electron chi connectivity index (χ0n) is 19.0. The highest BCUT2D eigenvalue weighted by Crippen LogP contribution is 2.37. The summed E-state index contributed by atoms with van der Waals surface area (Å²) in [4.78, 5) is 20.2. The topological polar surface area (TPSA) is 117 Å². The SMILES string of the molecule is CCCc1cc(N2CCC(NC(CC)(CC)CCO)CC2)nc2sc(C(N)=O)c(N)c12. The van der Waals surface area contributed by atoms with E-state index in [-0.39, 0.29) is 12.1 Å². The maximum Gasteiger partial charge on any atom is 0.260 e. The van der Waals surface area contributed by atoms with E-state index in [0.29, 0.717) is 16.6 Å². The van der Waals surface area contributed by atoms with Gasteiger partial charge in [0.2, 0.25) is 0 Å². The summed E-state index contributed by atoms with van der Waals surface area (Å²) in [5.41, 5.74) is 13.4. The zero-order valence-corrected chi connectivity index (χ0v) is 19.9. The van der Waals surface area contributed by atoms with Gasteiger partial charge in [-0.05, 0) is 50.2 Å². The third-order valence-corrected chi connectivity index (χ3v) is 7.90. The Balaban J connectivity index is 1.80. The van der Waals surface area contributed by atoms with Gasteiger partial charge in [-0.25, -0.2) is 4.98 Å². The molecule has 0 radical (unpaired) electrons. The van der Waals surface area contributed by atoms with Gasteiger partial charge < -0.3 is 26.8 Å². The highest BCUT2D eigenvalue weighted by Gasteiger charge is 2.31. The van der Waals surface area contributed by atoms with Gasteiger partial charge in [0.15, 0.2) is 0 Å². The maximum absolute atomic E-state index is 11.8. The lowest BCUT2D eigenvalue weighted by atomic mass is 9.87. The number of carbonyl (C=O) groups excluding carboxylic acids is 1. The Bertz CT molecular complexity index is 901. The van der Waals surface area contributed by atoms with Crippen LogP contribution in [0, 0.1) is 0 Å². The fourth-order valence-electron chi connectivity index (χ4n) is 4.78. The van der Waals surface area contributed by atoms with Crippen molar-refractivity contribution in [2.24, 2.45) is 5.73 Å². The minimum absolute atomic E-state index is 0.0205. The smallest absolute Gasteiger partial charge is 0.260 e. The van der Waals surface area contributed by atoms with E-state index < -0.39 is 5.91 Å². The number of aliphatic hydroxyl groups excluding tert-OH is 1. The highest BCUT2D eigenvalue weighted by atomic mass is 32.1. The van der Waals surface area contributed by atoms with Crippen molar-refractivity contribution < 1.29 is 9.90 Å². The van der Waals surface area contributed by atoms with Crippen LogP contribution in [0.5, 0.6) is 0 Å². The number of nitrogens with two attached hydrogens (primary N) is 2. The molecule has 1 saturated heterocycles. The number of primary amides is 1. The van der Waals surface area contributed by atoms with Crippen molar-refractivity contribution in [2.45, 2.75) is 77.3 Å². The first kappa shape index (κ1) is 23.8. The Morgan fingerprint density at radius 2 is 2.00 bits per heavy atom. The van der Waals surface area contributed by atoms with Crippen LogP contribution in [0.1, 0.15) is 74.5 Å². The van der Waals surface area contributed by atoms with Crippen molar-refractivity contribution in [3.63, 3.8) is 0 Å². The summed E-state index contributed by atoms with van der Waals surface area (Å²) in [6.45, 7) is 8.60. The number of rotatable bonds is 10. The first-order valence-electron chi connectivity index (χ1n) is 11.5. The molecule has 3 rings (SSSR count). The van der Waals surface area contributed by atoms with Crippen LogP contribution < -0.4 is 21.7 Å². The summed E-state index contributed by atoms with van der Waals surface area (Å²) in [5.74, 6) is 0.467. The number of thiophene rings is 1. The van der Waals surface area contributed by atoms with Crippen molar-refractivity contribution >= 4 is 39.0 Å². The van der Waals surface area contributed by atoms with Gasteiger partial charge in [0, 0.05) is 36.7 Å². The first-order chi connectivity index (χ1) is 14.9. The molecule has 3 heterocycles. The first-order valence-corrected chi connectivity index (χ1v) is 12.3. The second kappa shape index (κ2) is 10.1. The van der Waals surface area contributed by atoms with Crippen LogP contribution in [0.25, 0.3) is 10.2 Å². The molecule has 31 heavy (non-hydrogen) atoms. The van der Waals surface area contributed by atoms with E-state index in [1.54, 1.807) is 0 Å². The molecule has 0 aromatic carbocycles. The lowest BCUT2D eigenvalue weighted by molar-refractivity contribution is 0.100. The molecular formula is C23H37N5O2S. The van der Waals surface area contributed by atoms with Crippen molar-refractivity contribution in [3.8, 4) is 0 Å². The lowest BCUT2D eigenvalue weighted by Crippen LogP contribution is -2.53. The molecule has 1 aliphatic rings. The van der Waals surface area contributed by atoms with Crippen molar-refractivity contribution in [3.05, 3.63) is 16.5 Å². The number of anilines is 2. The van der Waals surface area contributed by atoms with Gasteiger partial charge in [-0.15, -0.1) is 11.3 Å². The van der Waals surface area contributed by atoms with Gasteiger partial charge in [0.05, 0.1) is 5.69 Å². The van der Waals surface area contributed by atoms with Gasteiger partial charge in [-0.3, -0.25) is 4.79 Å². The molecule has 2 aromatic rings. The molecular weight excluding hydrogens is 410 g/mol. The number of nitrogens with one attached hydrogen (secondary N) is 1. The van der Waals surface area contributed by atoms with Crippen LogP contribution in [0.15, 0.2) is 6.07 Å². The largest absolute Gasteiger partial charge is 0.397 e. The summed E-state index contributed by atoms with van der Waals surface area (Å²) >= 11 is 1.30. The number of aliphatic hydroxyl groups is 1. The second-order valence-corrected chi connectivity index (χ2v) is 9.64. The fourth-order valence-corrected chi connectivity index (χ4v) is 5.76. The normalized spacial score (nSPS) is 15.7. The van der Waals surface area contributed by atoms with Crippen LogP contribution in [0.3, 0.4) is 0 Å². The second-order valence-electron chi connectivity index (χ2n) is 8.65. The van der Waals surface area contributed by atoms with Crippen LogP contribution in [-0.2, 0) is 6.42 Å². The Morgan fingerprint density at radius 3 is 2.55 bits per heavy atom. The lowest BCUT2D eigenvalue weighted by Gasteiger charge is -2.41. The quantitative estimate of drug-likeness (QED) is 0.443. The van der Waals surface area contributed by atoms with E-state index in [1.807, 2.05) is 0 Å². The number of piperidine rings is 1. The van der Waals surface area contributed by atoms with E-state index in [9.17, 15) is 9.90 Å². The molecule has 1 fully saturated rings. The van der Waals surface area contributed by atoms with Gasteiger partial charge in [-0.1, -0.05) is 27.2 Å². The number of carbonyl (C=O) groups is 1. The summed E-state index contributed by atoms with van der Waals surface area (Å²) < 4.78 is 0. The van der Waals surface area contributed by atoms with Crippen molar-refractivity contribution in [1.82, 2.24) is 10.3 Å². The number of amides is 1. The molecule has 2 aromatic heterocycles. The number of aromatic nitrogens is 1. The number of nitrogens with zero attached hydrogens (tertiary/aromatic N) is 2. The van der Waals surface area contributed by atoms with E-state index in [1.165, 1.54) is 11.3 Å². The van der Waals surface area contributed by atoms with Gasteiger partial charge in [-0.2, -0.15) is 0 Å². The monoisotopic (exact) mass is 447 g/mol. The number of aryl methyl sites for hydroxylation is 1. The zero-order chi connectivity index (χ0) is 22.6. The molecule has 0 spiro atoms. The average Bonchev–Trinajstić information content (AvgIpc) is 3.11. The van der Waals surface area contributed by atoms with Gasteiger partial charge >= 0.3 is 0 Å². The Labute approximate surface area is 189 Å². The van der Waals surface area contributed by atoms with Crippen LogP contribution in [0.2, 0.25) is 0 Å².